The molecular weight excluding hydrogens is 575 g/mol. The maximum absolute atomic E-state index is 13.4. The molecule has 2 aliphatic heterocycles. The largest absolute Gasteiger partial charge is 0.465 e. The number of benzene rings is 2. The van der Waals surface area contributed by atoms with Gasteiger partial charge in [-0.3, -0.25) is 14.6 Å². The summed E-state index contributed by atoms with van der Waals surface area (Å²) in [6.07, 6.45) is -2.21. The minimum Gasteiger partial charge on any atom is -0.465 e. The highest BCUT2D eigenvalue weighted by atomic mass is 19.4. The number of hydrogen-bond acceptors (Lipinski definition) is 5. The number of alkyl halides is 3. The lowest BCUT2D eigenvalue weighted by Gasteiger charge is -2.61. The third kappa shape index (κ3) is 6.06. The highest BCUT2D eigenvalue weighted by molar-refractivity contribution is 5.93. The van der Waals surface area contributed by atoms with Crippen LogP contribution in [-0.2, 0) is 17.5 Å². The highest BCUT2D eigenvalue weighted by Gasteiger charge is 2.54. The van der Waals surface area contributed by atoms with Crippen LogP contribution in [0.3, 0.4) is 0 Å². The van der Waals surface area contributed by atoms with Gasteiger partial charge in [0.1, 0.15) is 5.69 Å². The van der Waals surface area contributed by atoms with Crippen LogP contribution in [0.2, 0.25) is 0 Å². The molecule has 3 amide bonds. The number of nitrogens with one attached hydrogen (secondary N) is 2. The van der Waals surface area contributed by atoms with Crippen molar-refractivity contribution >= 4 is 23.6 Å². The molecule has 3 heterocycles. The van der Waals surface area contributed by atoms with Gasteiger partial charge in [-0.15, -0.1) is 0 Å². The topological polar surface area (TPSA) is 115 Å². The van der Waals surface area contributed by atoms with Crippen LogP contribution < -0.4 is 15.5 Å². The molecule has 0 radical (unpaired) electrons. The van der Waals surface area contributed by atoms with E-state index in [-0.39, 0.29) is 40.9 Å². The first-order chi connectivity index (χ1) is 20.9. The molecule has 12 heteroatoms. The normalized spacial score (nSPS) is 17.8. The Morgan fingerprint density at radius 2 is 1.73 bits per heavy atom. The predicted molar refractivity (Wildman–Crippen MR) is 156 cm³/mol. The average Bonchev–Trinajstić information content (AvgIpc) is 3.80. The predicted octanol–water partition coefficient (Wildman–Crippen LogP) is 5.08. The molecule has 1 spiro atoms. The van der Waals surface area contributed by atoms with Gasteiger partial charge >= 0.3 is 12.3 Å². The monoisotopic (exact) mass is 607 g/mol. The van der Waals surface area contributed by atoms with Crippen molar-refractivity contribution in [2.45, 2.75) is 38.5 Å². The van der Waals surface area contributed by atoms with Crippen molar-refractivity contribution < 1.29 is 32.7 Å². The second-order valence-corrected chi connectivity index (χ2v) is 12.1. The molecule has 0 unspecified atom stereocenters. The van der Waals surface area contributed by atoms with Crippen LogP contribution >= 0.6 is 0 Å². The Kier molecular flexibility index (Phi) is 7.46. The van der Waals surface area contributed by atoms with Crippen molar-refractivity contribution in [3.63, 3.8) is 0 Å². The number of carbonyl (C=O) groups is 3. The number of rotatable bonds is 8. The lowest BCUT2D eigenvalue weighted by molar-refractivity contribution is -0.146. The molecular formula is C32H32F3N5O4. The van der Waals surface area contributed by atoms with Crippen LogP contribution in [0, 0.1) is 11.3 Å². The number of hydrogen-bond donors (Lipinski definition) is 3. The smallest absolute Gasteiger partial charge is 0.416 e. The van der Waals surface area contributed by atoms with Crippen LogP contribution in [0.4, 0.5) is 23.7 Å². The molecule has 1 saturated carbocycles. The molecule has 6 rings (SSSR count). The van der Waals surface area contributed by atoms with Crippen molar-refractivity contribution in [2.24, 2.45) is 11.3 Å². The second-order valence-electron chi connectivity index (χ2n) is 12.1. The lowest BCUT2D eigenvalue weighted by atomic mass is 9.72. The van der Waals surface area contributed by atoms with E-state index in [9.17, 15) is 27.6 Å². The van der Waals surface area contributed by atoms with Gasteiger partial charge in [0.15, 0.2) is 0 Å². The minimum atomic E-state index is -4.55. The standard InChI is InChI=1S/C32H32F3N5O4/c1-19(20-2-4-21(5-3-20)26-12-24(32(33,34)35)9-8-23(26)14-37-30(43)44)38-28(41)27-13-25(10-11-36-27)39-15-31(16-39)17-40(18-31)29(42)22-6-7-22/h2-5,8-13,19,22,37H,6-7,14-18H2,1H3,(H,38,41)(H,43,44)/t19-/m1/s1. The fourth-order valence-electron chi connectivity index (χ4n) is 6.05. The number of carbonyl (C=O) groups excluding carboxylic acids is 2. The Morgan fingerprint density at radius 1 is 1.02 bits per heavy atom. The van der Waals surface area contributed by atoms with Gasteiger partial charge in [-0.2, -0.15) is 13.2 Å². The van der Waals surface area contributed by atoms with Gasteiger partial charge in [-0.1, -0.05) is 30.3 Å². The molecule has 2 aromatic carbocycles. The average molecular weight is 608 g/mol. The molecule has 3 N–H and O–H groups in total. The van der Waals surface area contributed by atoms with Crippen LogP contribution in [0.25, 0.3) is 11.1 Å². The van der Waals surface area contributed by atoms with E-state index in [0.717, 1.165) is 62.4 Å². The third-order valence-corrected chi connectivity index (χ3v) is 8.62. The van der Waals surface area contributed by atoms with Gasteiger partial charge in [0.05, 0.1) is 11.6 Å². The number of amides is 3. The Bertz CT molecular complexity index is 1590. The molecule has 3 fully saturated rings. The molecule has 2 saturated heterocycles. The highest BCUT2D eigenvalue weighted by Crippen LogP contribution is 2.44. The van der Waals surface area contributed by atoms with Gasteiger partial charge in [0.2, 0.25) is 5.91 Å². The zero-order valence-electron chi connectivity index (χ0n) is 24.0. The Morgan fingerprint density at radius 3 is 2.36 bits per heavy atom. The Labute approximate surface area is 252 Å². The van der Waals surface area contributed by atoms with E-state index >= 15 is 0 Å². The first kappa shape index (κ1) is 29.5. The molecule has 1 atom stereocenters. The second kappa shape index (κ2) is 11.1. The van der Waals surface area contributed by atoms with E-state index in [1.807, 2.05) is 11.0 Å². The Balaban J connectivity index is 1.09. The van der Waals surface area contributed by atoms with Gasteiger partial charge in [-0.05, 0) is 66.3 Å². The molecule has 230 valence electrons. The molecule has 9 nitrogen and oxygen atoms in total. The molecule has 3 aromatic rings. The summed E-state index contributed by atoms with van der Waals surface area (Å²) >= 11 is 0. The number of pyridine rings is 1. The number of aromatic nitrogens is 1. The molecule has 1 aromatic heterocycles. The van der Waals surface area contributed by atoms with E-state index < -0.39 is 23.9 Å². The van der Waals surface area contributed by atoms with Gasteiger partial charge < -0.3 is 25.5 Å². The van der Waals surface area contributed by atoms with Crippen molar-refractivity contribution in [3.8, 4) is 11.1 Å². The van der Waals surface area contributed by atoms with E-state index in [1.165, 1.54) is 6.07 Å². The first-order valence-corrected chi connectivity index (χ1v) is 14.5. The summed E-state index contributed by atoms with van der Waals surface area (Å²) in [7, 11) is 0. The first-order valence-electron chi connectivity index (χ1n) is 14.5. The van der Waals surface area contributed by atoms with Crippen LogP contribution in [0.1, 0.15) is 53.0 Å². The Hall–Kier alpha value is -4.61. The quantitative estimate of drug-likeness (QED) is 0.329. The van der Waals surface area contributed by atoms with Gasteiger partial charge in [0.25, 0.3) is 5.91 Å². The zero-order valence-corrected chi connectivity index (χ0v) is 24.0. The van der Waals surface area contributed by atoms with E-state index in [1.54, 1.807) is 43.5 Å². The fourth-order valence-corrected chi connectivity index (χ4v) is 6.05. The van der Waals surface area contributed by atoms with Crippen LogP contribution in [0.5, 0.6) is 0 Å². The molecule has 1 aliphatic carbocycles. The third-order valence-electron chi connectivity index (χ3n) is 8.62. The van der Waals surface area contributed by atoms with Gasteiger partial charge in [0, 0.05) is 55.9 Å². The SMILES string of the molecule is C[C@@H](NC(=O)c1cc(N2CC3(CN(C(=O)C4CC4)C3)C2)ccn1)c1ccc(-c2cc(C(F)(F)F)ccc2CNC(=O)O)cc1. The summed E-state index contributed by atoms with van der Waals surface area (Å²) in [5, 5.41) is 14.1. The van der Waals surface area contributed by atoms with E-state index in [0.29, 0.717) is 11.1 Å². The van der Waals surface area contributed by atoms with Crippen molar-refractivity contribution in [1.29, 1.82) is 0 Å². The summed E-state index contributed by atoms with van der Waals surface area (Å²) in [4.78, 5) is 44.7. The van der Waals surface area contributed by atoms with Gasteiger partial charge in [-0.25, -0.2) is 4.79 Å². The van der Waals surface area contributed by atoms with E-state index in [2.05, 4.69) is 20.5 Å². The number of carboxylic acid groups (broad SMARTS) is 1. The number of nitrogens with zero attached hydrogens (tertiary/aromatic N) is 3. The summed E-state index contributed by atoms with van der Waals surface area (Å²) in [6.45, 7) is 4.89. The lowest BCUT2D eigenvalue weighted by Crippen LogP contribution is -2.73. The number of likely N-dealkylation sites (tertiary alicyclic amines) is 1. The van der Waals surface area contributed by atoms with Crippen molar-refractivity contribution in [3.05, 3.63) is 83.2 Å². The zero-order chi connectivity index (χ0) is 31.2. The summed E-state index contributed by atoms with van der Waals surface area (Å²) in [5.41, 5.74) is 2.34. The molecule has 0 bridgehead atoms. The maximum Gasteiger partial charge on any atom is 0.416 e. The molecule has 3 aliphatic rings. The number of anilines is 1. The minimum absolute atomic E-state index is 0.137. The fraction of sp³-hybridized carbons (Fsp3) is 0.375. The maximum atomic E-state index is 13.4. The van der Waals surface area contributed by atoms with Crippen LogP contribution in [-0.4, -0.2) is 59.1 Å². The van der Waals surface area contributed by atoms with Crippen molar-refractivity contribution in [2.75, 3.05) is 31.1 Å². The van der Waals surface area contributed by atoms with Crippen molar-refractivity contribution in [1.82, 2.24) is 20.5 Å². The summed E-state index contributed by atoms with van der Waals surface area (Å²) < 4.78 is 40.2. The van der Waals surface area contributed by atoms with E-state index in [4.69, 9.17) is 5.11 Å². The summed E-state index contributed by atoms with van der Waals surface area (Å²) in [5.74, 6) is 0.166. The molecule has 44 heavy (non-hydrogen) atoms. The number of halogens is 3. The van der Waals surface area contributed by atoms with Crippen LogP contribution in [0.15, 0.2) is 60.8 Å². The summed E-state index contributed by atoms with van der Waals surface area (Å²) in [6, 6.07) is 13.1.